The molecule has 6 aromatic carbocycles. The quantitative estimate of drug-likeness (QED) is 0.0129. The Balaban J connectivity index is 0.000000348. The average Bonchev–Trinajstić information content (AvgIpc) is 0.874. The number of carbonyl (C=O) groups excluding carboxylic acids is 13. The molecule has 17 N–H and O–H groups in total. The van der Waals surface area contributed by atoms with Crippen molar-refractivity contribution in [2.24, 2.45) is 34.1 Å². The van der Waals surface area contributed by atoms with E-state index in [0.717, 1.165) is 40.8 Å². The minimum Gasteiger partial charge on any atom is -0.370 e. The largest absolute Gasteiger partial charge is 0.370 e. The van der Waals surface area contributed by atoms with Crippen LogP contribution in [0.15, 0.2) is 201 Å². The van der Waals surface area contributed by atoms with E-state index in [2.05, 4.69) is 31.6 Å². The number of nitrogens with one attached hydrogen (secondary N) is 7. The number of carbonyl (C=O) groups is 13. The zero-order valence-corrected chi connectivity index (χ0v) is 65.3. The van der Waals surface area contributed by atoms with Gasteiger partial charge < -0.3 is 55.3 Å². The van der Waals surface area contributed by atoms with Crippen LogP contribution in [0, 0.1) is 16.2 Å². The number of benzene rings is 6. The van der Waals surface area contributed by atoms with Gasteiger partial charge in [0.05, 0.1) is 27.8 Å². The summed E-state index contributed by atoms with van der Waals surface area (Å²) in [4.78, 5) is 158. The standard InChI is InChI=1S/C18H18N2O3S.C16H15N3O3S.C16H22N2O3S.2C12H15N3O2S2/c19-16(21)10-11-20-18(23)14-8-4-5-9-15(14)24-17(22)12-13-6-2-1-3-7-13;17-14(20)7-9-19-15(21)12-5-1-2-6-13(12)23-16(22)11-4-3-8-18-10-11;1-16(2,3)10-14(20)22-12-7-5-4-6-11(12)15(21)18-9-8-13(17)19;2*1-7(10(13)16)15-11(17)8-5-3-4-6-9(8)19-12(14)18-2/h1-9H,10-12H2,(H2,19,21)(H,20,23);1-6,8,10H,7,9H2,(H2,17,20)(H,19,21);4-7H,8-10H2,1-3H3,(H2,17,19)(H,18,21);2*3-7,14H,1-2H3,(H2,13,16)(H,15,17)/t;;;2*7-/m...10/s1. The van der Waals surface area contributed by atoms with Gasteiger partial charge in [0.2, 0.25) is 34.7 Å². The zero-order chi connectivity index (χ0) is 79.6. The van der Waals surface area contributed by atoms with Gasteiger partial charge >= 0.3 is 0 Å². The number of pyridine rings is 1. The van der Waals surface area contributed by atoms with E-state index >= 15 is 0 Å². The van der Waals surface area contributed by atoms with Crippen LogP contribution in [0.3, 0.4) is 0 Å². The van der Waals surface area contributed by atoms with Crippen LogP contribution >= 0.6 is 82.3 Å². The summed E-state index contributed by atoms with van der Waals surface area (Å²) in [5, 5.41) is 28.0. The number of primary amides is 5. The van der Waals surface area contributed by atoms with Crippen molar-refractivity contribution < 1.29 is 62.3 Å². The molecule has 0 aliphatic rings. The highest BCUT2D eigenvalue weighted by atomic mass is 32.2. The first-order chi connectivity index (χ1) is 50.7. The molecule has 33 heteroatoms. The second-order valence-corrected chi connectivity index (χ2v) is 30.7. The number of hydrogen-bond acceptors (Lipinski definition) is 23. The normalized spacial score (nSPS) is 10.9. The molecule has 0 aliphatic heterocycles. The summed E-state index contributed by atoms with van der Waals surface area (Å²) in [5.74, 6) is -4.34. The number of thioether (sulfide) groups is 7. The van der Waals surface area contributed by atoms with E-state index in [0.29, 0.717) is 79.5 Å². The number of amides is 10. The molecule has 26 nitrogen and oxygen atoms in total. The third-order valence-electron chi connectivity index (χ3n) is 13.4. The van der Waals surface area contributed by atoms with Gasteiger partial charge in [0.15, 0.2) is 10.2 Å². The van der Waals surface area contributed by atoms with Crippen LogP contribution in [0.5, 0.6) is 0 Å². The Kier molecular flexibility index (Phi) is 41.7. The lowest BCUT2D eigenvalue weighted by atomic mass is 9.93. The van der Waals surface area contributed by atoms with E-state index in [1.54, 1.807) is 152 Å². The highest BCUT2D eigenvalue weighted by molar-refractivity contribution is 8.39. The van der Waals surface area contributed by atoms with Crippen LogP contribution in [-0.2, 0) is 40.0 Å². The topological polar surface area (TPSA) is 473 Å². The summed E-state index contributed by atoms with van der Waals surface area (Å²) in [5.41, 5.74) is 28.7. The smallest absolute Gasteiger partial charge is 0.253 e. The molecule has 2 atom stereocenters. The van der Waals surface area contributed by atoms with E-state index < -0.39 is 41.6 Å². The van der Waals surface area contributed by atoms with Gasteiger partial charge in [0, 0.05) is 94.2 Å². The molecule has 0 spiro atoms. The van der Waals surface area contributed by atoms with Gasteiger partial charge in [-0.3, -0.25) is 78.1 Å². The van der Waals surface area contributed by atoms with Gasteiger partial charge in [-0.2, -0.15) is 0 Å². The summed E-state index contributed by atoms with van der Waals surface area (Å²) >= 11 is 8.08. The fourth-order valence-electron chi connectivity index (χ4n) is 8.03. The maximum absolute atomic E-state index is 12.2. The van der Waals surface area contributed by atoms with Gasteiger partial charge in [-0.15, -0.1) is 23.5 Å². The third-order valence-corrected chi connectivity index (χ3v) is 20.0. The molecule has 0 saturated carbocycles. The lowest BCUT2D eigenvalue weighted by molar-refractivity contribution is -0.120. The maximum atomic E-state index is 12.2. The molecule has 0 radical (unpaired) electrons. The number of aromatic nitrogens is 1. The van der Waals surface area contributed by atoms with E-state index in [9.17, 15) is 62.3 Å². The van der Waals surface area contributed by atoms with Crippen molar-refractivity contribution in [2.75, 3.05) is 32.1 Å². The Labute approximate surface area is 650 Å². The van der Waals surface area contributed by atoms with E-state index in [4.69, 9.17) is 39.5 Å². The predicted octanol–water partition coefficient (Wildman–Crippen LogP) is 9.48. The molecule has 0 fully saturated rings. The SMILES string of the molecule is CC(C)(C)CC(=O)Sc1ccccc1C(=O)NCCC(N)=O.CSC(=N)Sc1ccccc1C(=O)N[C@@H](C)C(N)=O.CSC(=N)Sc1ccccc1C(=O)N[C@H](C)C(N)=O.NC(=O)CCNC(=O)c1ccccc1SC(=O)Cc1ccccc1.NC(=O)CCNC(=O)c1ccccc1SC(=O)c1cccnc1. The minimum atomic E-state index is -0.731. The number of nitrogens with zero attached hydrogens (tertiary/aromatic N) is 1. The maximum Gasteiger partial charge on any atom is 0.253 e. The highest BCUT2D eigenvalue weighted by Gasteiger charge is 2.23. The fraction of sp³-hybridized carbons (Fsp3) is 0.243. The second-order valence-electron chi connectivity index (χ2n) is 23.3. The Morgan fingerprint density at radius 2 is 0.729 bits per heavy atom. The Hall–Kier alpha value is -10.0. The summed E-state index contributed by atoms with van der Waals surface area (Å²) in [7, 11) is 0. The lowest BCUT2D eigenvalue weighted by Crippen LogP contribution is -2.42. The number of hydrogen-bond donors (Lipinski definition) is 12. The van der Waals surface area contributed by atoms with Gasteiger partial charge in [0.25, 0.3) is 29.5 Å². The molecule has 0 saturated heterocycles. The van der Waals surface area contributed by atoms with Crippen LogP contribution in [0.2, 0.25) is 0 Å². The monoisotopic (exact) mass is 1590 g/mol. The lowest BCUT2D eigenvalue weighted by Gasteiger charge is -2.16. The van der Waals surface area contributed by atoms with Crippen molar-refractivity contribution in [3.63, 3.8) is 0 Å². The van der Waals surface area contributed by atoms with E-state index in [1.165, 1.54) is 67.1 Å². The van der Waals surface area contributed by atoms with Crippen LogP contribution < -0.4 is 55.3 Å². The summed E-state index contributed by atoms with van der Waals surface area (Å²) in [6, 6.07) is 45.8. The Morgan fingerprint density at radius 1 is 0.411 bits per heavy atom. The zero-order valence-electron chi connectivity index (χ0n) is 59.6. The van der Waals surface area contributed by atoms with Gasteiger partial charge in [0.1, 0.15) is 20.8 Å². The third kappa shape index (κ3) is 36.7. The molecule has 0 aliphatic carbocycles. The van der Waals surface area contributed by atoms with Crippen molar-refractivity contribution >= 4 is 166 Å². The molecular formula is C74H85N13O13S7. The van der Waals surface area contributed by atoms with Gasteiger partial charge in [-0.05, 0) is 122 Å². The minimum absolute atomic E-state index is 0.0184. The molecule has 1 aromatic heterocycles. The van der Waals surface area contributed by atoms with Gasteiger partial charge in [-0.25, -0.2) is 0 Å². The van der Waals surface area contributed by atoms with Crippen molar-refractivity contribution in [1.82, 2.24) is 31.6 Å². The first-order valence-corrected chi connectivity index (χ1v) is 38.8. The molecule has 7 rings (SSSR count). The first kappa shape index (κ1) is 91.2. The summed E-state index contributed by atoms with van der Waals surface area (Å²) in [6.45, 7) is 9.55. The van der Waals surface area contributed by atoms with E-state index in [1.807, 2.05) is 51.1 Å². The molecular weight excluding hydrogens is 1500 g/mol. The van der Waals surface area contributed by atoms with Gasteiger partial charge in [-0.1, -0.05) is 159 Å². The molecule has 7 aromatic rings. The van der Waals surface area contributed by atoms with E-state index in [-0.39, 0.29) is 89.2 Å². The molecule has 0 bridgehead atoms. The summed E-state index contributed by atoms with van der Waals surface area (Å²) in [6.07, 6.45) is 7.61. The summed E-state index contributed by atoms with van der Waals surface area (Å²) < 4.78 is 0.784. The van der Waals surface area contributed by atoms with Crippen LogP contribution in [0.25, 0.3) is 0 Å². The molecule has 10 amide bonds. The second kappa shape index (κ2) is 49.0. The number of rotatable bonds is 27. The van der Waals surface area contributed by atoms with Crippen molar-refractivity contribution in [2.45, 2.75) is 103 Å². The number of nitrogens with two attached hydrogens (primary N) is 5. The van der Waals surface area contributed by atoms with Crippen LogP contribution in [-0.4, -0.2) is 132 Å². The molecule has 107 heavy (non-hydrogen) atoms. The van der Waals surface area contributed by atoms with Crippen molar-refractivity contribution in [3.8, 4) is 0 Å². The molecule has 566 valence electrons. The highest BCUT2D eigenvalue weighted by Crippen LogP contribution is 2.32. The predicted molar refractivity (Wildman–Crippen MR) is 427 cm³/mol. The van der Waals surface area contributed by atoms with Crippen LogP contribution in [0.1, 0.15) is 128 Å². The van der Waals surface area contributed by atoms with Crippen LogP contribution in [0.4, 0.5) is 0 Å². The Bertz CT molecular complexity index is 4180. The van der Waals surface area contributed by atoms with Crippen molar-refractivity contribution in [3.05, 3.63) is 215 Å². The fourth-order valence-corrected chi connectivity index (χ4v) is 13.4. The van der Waals surface area contributed by atoms with Crippen molar-refractivity contribution in [1.29, 1.82) is 10.8 Å². The average molecular weight is 1590 g/mol. The first-order valence-electron chi connectivity index (χ1n) is 32.3. The molecule has 0 unspecified atom stereocenters. The molecule has 1 heterocycles. The Morgan fingerprint density at radius 3 is 1.05 bits per heavy atom.